The third kappa shape index (κ3) is 4.36. The Hall–Kier alpha value is -2.28. The average Bonchev–Trinajstić information content (AvgIpc) is 2.92. The predicted octanol–water partition coefficient (Wildman–Crippen LogP) is 2.44. The Kier molecular flexibility index (Phi) is 5.60. The number of aromatic nitrogens is 1. The second-order valence-corrected chi connectivity index (χ2v) is 5.63. The molecule has 0 spiro atoms. The van der Waals surface area contributed by atoms with E-state index in [1.54, 1.807) is 25.6 Å². The first-order valence-electron chi connectivity index (χ1n) is 6.82. The van der Waals surface area contributed by atoms with Crippen LogP contribution < -0.4 is 20.5 Å². The molecule has 7 heteroatoms. The summed E-state index contributed by atoms with van der Waals surface area (Å²) < 4.78 is 10.5. The molecule has 0 aliphatic heterocycles. The highest BCUT2D eigenvalue weighted by Crippen LogP contribution is 2.28. The first kappa shape index (κ1) is 16.1. The van der Waals surface area contributed by atoms with Gasteiger partial charge in [-0.2, -0.15) is 0 Å². The molecule has 0 saturated carbocycles. The number of benzene rings is 1. The molecule has 0 fully saturated rings. The number of thiazole rings is 1. The summed E-state index contributed by atoms with van der Waals surface area (Å²) in [5.41, 5.74) is 7.67. The third-order valence-corrected chi connectivity index (χ3v) is 3.81. The largest absolute Gasteiger partial charge is 0.497 e. The van der Waals surface area contributed by atoms with E-state index in [9.17, 15) is 0 Å². The molecule has 22 heavy (non-hydrogen) atoms. The molecule has 0 unspecified atom stereocenters. The highest BCUT2D eigenvalue weighted by Gasteiger charge is 2.06. The average molecular weight is 320 g/mol. The number of anilines is 1. The zero-order valence-electron chi connectivity index (χ0n) is 12.9. The van der Waals surface area contributed by atoms with Gasteiger partial charge in [0.1, 0.15) is 11.5 Å². The van der Waals surface area contributed by atoms with Crippen LogP contribution in [0.25, 0.3) is 0 Å². The molecule has 3 N–H and O–H groups in total. The second-order valence-electron chi connectivity index (χ2n) is 4.57. The molecule has 0 aliphatic rings. The minimum atomic E-state index is 0.332. The minimum Gasteiger partial charge on any atom is -0.497 e. The number of ether oxygens (including phenoxy) is 2. The van der Waals surface area contributed by atoms with Crippen LogP contribution in [0.1, 0.15) is 10.7 Å². The summed E-state index contributed by atoms with van der Waals surface area (Å²) in [4.78, 5) is 8.70. The molecule has 1 heterocycles. The fourth-order valence-electron chi connectivity index (χ4n) is 1.90. The molecule has 0 radical (unpaired) electrons. The van der Waals surface area contributed by atoms with Crippen LogP contribution in [0.2, 0.25) is 0 Å². The van der Waals surface area contributed by atoms with Crippen molar-refractivity contribution >= 4 is 23.0 Å². The summed E-state index contributed by atoms with van der Waals surface area (Å²) in [7, 11) is 3.21. The second kappa shape index (κ2) is 7.65. The van der Waals surface area contributed by atoms with Crippen LogP contribution in [-0.2, 0) is 6.42 Å². The number of rotatable bonds is 6. The van der Waals surface area contributed by atoms with Gasteiger partial charge in [-0.1, -0.05) is 0 Å². The number of nitrogens with two attached hydrogens (primary N) is 1. The number of guanidine groups is 1. The molecule has 1 aromatic carbocycles. The molecule has 118 valence electrons. The van der Waals surface area contributed by atoms with Crippen molar-refractivity contribution in [1.82, 2.24) is 4.98 Å². The van der Waals surface area contributed by atoms with Gasteiger partial charge in [0.15, 0.2) is 5.96 Å². The molecule has 0 atom stereocenters. The molecular weight excluding hydrogens is 300 g/mol. The Balaban J connectivity index is 1.98. The summed E-state index contributed by atoms with van der Waals surface area (Å²) in [6.07, 6.45) is 0.766. The van der Waals surface area contributed by atoms with Crippen molar-refractivity contribution in [3.8, 4) is 11.5 Å². The van der Waals surface area contributed by atoms with Crippen molar-refractivity contribution in [2.45, 2.75) is 13.3 Å². The van der Waals surface area contributed by atoms with E-state index in [0.717, 1.165) is 17.1 Å². The van der Waals surface area contributed by atoms with Crippen molar-refractivity contribution in [2.75, 3.05) is 26.1 Å². The summed E-state index contributed by atoms with van der Waals surface area (Å²) in [5.74, 6) is 1.72. The lowest BCUT2D eigenvalue weighted by atomic mass is 10.2. The SMILES string of the molecule is COc1ccc(OC)c(NC(N)=NCCc2csc(C)n2)c1. The fraction of sp³-hybridized carbons (Fsp3) is 0.333. The molecule has 0 bridgehead atoms. The standard InChI is InChI=1S/C15H20N4O2S/c1-10-18-11(9-22-10)6-7-17-15(16)19-13-8-12(20-2)4-5-14(13)21-3/h4-5,8-9H,6-7H2,1-3H3,(H3,16,17,19). The van der Waals surface area contributed by atoms with Gasteiger partial charge in [0, 0.05) is 24.4 Å². The van der Waals surface area contributed by atoms with Gasteiger partial charge < -0.3 is 20.5 Å². The Morgan fingerprint density at radius 1 is 1.36 bits per heavy atom. The van der Waals surface area contributed by atoms with Crippen molar-refractivity contribution in [3.63, 3.8) is 0 Å². The number of methoxy groups -OCH3 is 2. The Morgan fingerprint density at radius 3 is 2.82 bits per heavy atom. The maximum atomic E-state index is 5.91. The van der Waals surface area contributed by atoms with E-state index in [0.29, 0.717) is 29.7 Å². The lowest BCUT2D eigenvalue weighted by Gasteiger charge is -2.12. The van der Waals surface area contributed by atoms with Crippen LogP contribution in [-0.4, -0.2) is 31.7 Å². The highest BCUT2D eigenvalue weighted by atomic mass is 32.1. The summed E-state index contributed by atoms with van der Waals surface area (Å²) in [6, 6.07) is 5.44. The smallest absolute Gasteiger partial charge is 0.193 e. The highest BCUT2D eigenvalue weighted by molar-refractivity contribution is 7.09. The molecule has 6 nitrogen and oxygen atoms in total. The summed E-state index contributed by atoms with van der Waals surface area (Å²) in [6.45, 7) is 2.57. The summed E-state index contributed by atoms with van der Waals surface area (Å²) >= 11 is 1.64. The van der Waals surface area contributed by atoms with Gasteiger partial charge in [-0.15, -0.1) is 11.3 Å². The van der Waals surface area contributed by atoms with Gasteiger partial charge in [-0.05, 0) is 19.1 Å². The fourth-order valence-corrected chi connectivity index (χ4v) is 2.55. The van der Waals surface area contributed by atoms with Gasteiger partial charge in [-0.3, -0.25) is 4.99 Å². The van der Waals surface area contributed by atoms with Gasteiger partial charge in [0.2, 0.25) is 0 Å². The van der Waals surface area contributed by atoms with Crippen LogP contribution in [0.4, 0.5) is 5.69 Å². The molecule has 2 aromatic rings. The molecule has 2 rings (SSSR count). The van der Waals surface area contributed by atoms with E-state index in [2.05, 4.69) is 15.3 Å². The van der Waals surface area contributed by atoms with Gasteiger partial charge >= 0.3 is 0 Å². The quantitative estimate of drug-likeness (QED) is 0.631. The minimum absolute atomic E-state index is 0.332. The van der Waals surface area contributed by atoms with Gasteiger partial charge in [0.25, 0.3) is 0 Å². The monoisotopic (exact) mass is 320 g/mol. The third-order valence-electron chi connectivity index (χ3n) is 2.99. The van der Waals surface area contributed by atoms with Crippen LogP contribution in [0.5, 0.6) is 11.5 Å². The zero-order chi connectivity index (χ0) is 15.9. The number of aryl methyl sites for hydroxylation is 1. The van der Waals surface area contributed by atoms with Crippen LogP contribution in [0.15, 0.2) is 28.6 Å². The van der Waals surface area contributed by atoms with E-state index in [4.69, 9.17) is 15.2 Å². The Bertz CT molecular complexity index is 655. The van der Waals surface area contributed by atoms with E-state index >= 15 is 0 Å². The first-order valence-corrected chi connectivity index (χ1v) is 7.70. The lowest BCUT2D eigenvalue weighted by molar-refractivity contribution is 0.405. The van der Waals surface area contributed by atoms with Crippen LogP contribution >= 0.6 is 11.3 Å². The molecule has 0 aliphatic carbocycles. The molecular formula is C15H20N4O2S. The number of nitrogens with zero attached hydrogens (tertiary/aromatic N) is 2. The number of hydrogen-bond acceptors (Lipinski definition) is 5. The Morgan fingerprint density at radius 2 is 2.18 bits per heavy atom. The topological polar surface area (TPSA) is 81.8 Å². The van der Waals surface area contributed by atoms with Crippen molar-refractivity contribution in [3.05, 3.63) is 34.3 Å². The normalized spacial score (nSPS) is 11.3. The van der Waals surface area contributed by atoms with Gasteiger partial charge in [-0.25, -0.2) is 4.98 Å². The lowest BCUT2D eigenvalue weighted by Crippen LogP contribution is -2.23. The van der Waals surface area contributed by atoms with E-state index in [1.807, 2.05) is 30.5 Å². The first-order chi connectivity index (χ1) is 10.6. The predicted molar refractivity (Wildman–Crippen MR) is 90.2 cm³/mol. The maximum absolute atomic E-state index is 5.91. The van der Waals surface area contributed by atoms with Crippen LogP contribution in [0.3, 0.4) is 0 Å². The van der Waals surface area contributed by atoms with E-state index < -0.39 is 0 Å². The summed E-state index contributed by atoms with van der Waals surface area (Å²) in [5, 5.41) is 6.14. The van der Waals surface area contributed by atoms with Crippen molar-refractivity contribution < 1.29 is 9.47 Å². The molecule has 0 saturated heterocycles. The molecule has 1 aromatic heterocycles. The Labute approximate surface area is 134 Å². The number of hydrogen-bond donors (Lipinski definition) is 2. The molecule has 0 amide bonds. The number of aliphatic imine (C=N–C) groups is 1. The van der Waals surface area contributed by atoms with Crippen LogP contribution in [0, 0.1) is 6.92 Å². The van der Waals surface area contributed by atoms with E-state index in [1.165, 1.54) is 0 Å². The van der Waals surface area contributed by atoms with E-state index in [-0.39, 0.29) is 0 Å². The zero-order valence-corrected chi connectivity index (χ0v) is 13.7. The van der Waals surface area contributed by atoms with Gasteiger partial charge in [0.05, 0.1) is 30.6 Å². The van der Waals surface area contributed by atoms with Crippen molar-refractivity contribution in [1.29, 1.82) is 0 Å². The number of nitrogens with one attached hydrogen (secondary N) is 1. The maximum Gasteiger partial charge on any atom is 0.193 e. The van der Waals surface area contributed by atoms with Crippen molar-refractivity contribution in [2.24, 2.45) is 10.7 Å².